The lowest BCUT2D eigenvalue weighted by atomic mass is 10.1. The van der Waals surface area contributed by atoms with Crippen LogP contribution in [0.1, 0.15) is 25.7 Å². The van der Waals surface area contributed by atoms with Crippen LogP contribution >= 0.6 is 0 Å². The average molecular weight is 267 g/mol. The smallest absolute Gasteiger partial charge is 0.317 e. The van der Waals surface area contributed by atoms with Crippen LogP contribution in [0.15, 0.2) is 4.42 Å². The van der Waals surface area contributed by atoms with E-state index in [4.69, 9.17) is 4.42 Å². The lowest BCUT2D eigenvalue weighted by Gasteiger charge is -2.18. The molecule has 1 amide bonds. The maximum absolute atomic E-state index is 11.5. The van der Waals surface area contributed by atoms with Crippen molar-refractivity contribution in [2.75, 3.05) is 25.5 Å². The summed E-state index contributed by atoms with van der Waals surface area (Å²) in [5, 5.41) is 13.9. The first-order chi connectivity index (χ1) is 9.10. The minimum atomic E-state index is -0.130. The summed E-state index contributed by atoms with van der Waals surface area (Å²) in [6.45, 7) is 3.01. The van der Waals surface area contributed by atoms with Crippen LogP contribution in [0.4, 0.5) is 6.01 Å². The van der Waals surface area contributed by atoms with E-state index < -0.39 is 0 Å². The van der Waals surface area contributed by atoms with Crippen LogP contribution in [0.2, 0.25) is 0 Å². The molecule has 1 saturated carbocycles. The van der Waals surface area contributed by atoms with Gasteiger partial charge in [-0.1, -0.05) is 12.0 Å². The van der Waals surface area contributed by atoms with Crippen molar-refractivity contribution < 1.29 is 9.21 Å². The van der Waals surface area contributed by atoms with Crippen LogP contribution in [-0.4, -0.2) is 42.8 Å². The van der Waals surface area contributed by atoms with Gasteiger partial charge >= 0.3 is 6.01 Å². The number of carbonyl (C=O) groups excluding carboxylic acids is 1. The van der Waals surface area contributed by atoms with Crippen molar-refractivity contribution in [1.29, 1.82) is 0 Å². The Balaban J connectivity index is 1.84. The van der Waals surface area contributed by atoms with Gasteiger partial charge in [-0.15, -0.1) is 5.10 Å². The number of amides is 1. The third kappa shape index (κ3) is 3.92. The van der Waals surface area contributed by atoms with Gasteiger partial charge in [0, 0.05) is 26.7 Å². The minimum absolute atomic E-state index is 0.00184. The highest BCUT2D eigenvalue weighted by Crippen LogP contribution is 2.19. The first-order valence-electron chi connectivity index (χ1n) is 6.58. The molecule has 0 saturated heterocycles. The molecule has 1 aliphatic rings. The maximum Gasteiger partial charge on any atom is 0.317 e. The van der Waals surface area contributed by atoms with E-state index in [-0.39, 0.29) is 11.8 Å². The van der Waals surface area contributed by atoms with E-state index in [2.05, 4.69) is 20.8 Å². The van der Waals surface area contributed by atoms with E-state index in [0.717, 1.165) is 0 Å². The molecule has 1 aromatic heterocycles. The fraction of sp³-hybridized carbons (Fsp3) is 0.750. The number of aromatic nitrogens is 2. The van der Waals surface area contributed by atoms with E-state index in [1.54, 1.807) is 11.9 Å². The normalized spacial score (nSPS) is 16.2. The Morgan fingerprint density at radius 3 is 2.89 bits per heavy atom. The van der Waals surface area contributed by atoms with Gasteiger partial charge in [0.1, 0.15) is 0 Å². The number of anilines is 1. The number of nitrogens with zero attached hydrogens (tertiary/aromatic N) is 3. The minimum Gasteiger partial charge on any atom is -0.407 e. The summed E-state index contributed by atoms with van der Waals surface area (Å²) in [4.78, 5) is 13.3. The first kappa shape index (κ1) is 13.8. The van der Waals surface area contributed by atoms with Gasteiger partial charge in [0.25, 0.3) is 0 Å². The van der Waals surface area contributed by atoms with E-state index in [0.29, 0.717) is 31.0 Å². The summed E-state index contributed by atoms with van der Waals surface area (Å²) in [7, 11) is 3.47. The zero-order valence-electron chi connectivity index (χ0n) is 11.6. The Hall–Kier alpha value is -1.63. The predicted molar refractivity (Wildman–Crippen MR) is 70.7 cm³/mol. The zero-order valence-corrected chi connectivity index (χ0v) is 11.6. The highest BCUT2D eigenvalue weighted by atomic mass is 16.4. The zero-order chi connectivity index (χ0) is 13.8. The van der Waals surface area contributed by atoms with E-state index in [9.17, 15) is 4.79 Å². The molecule has 2 N–H and O–H groups in total. The Bertz CT molecular complexity index is 430. The third-order valence-corrected chi connectivity index (χ3v) is 3.14. The molecule has 106 valence electrons. The van der Waals surface area contributed by atoms with Crippen LogP contribution in [0, 0.1) is 5.92 Å². The second-order valence-electron chi connectivity index (χ2n) is 5.03. The predicted octanol–water partition coefficient (Wildman–Crippen LogP) is 0.140. The Labute approximate surface area is 112 Å². The Kier molecular flexibility index (Phi) is 4.36. The van der Waals surface area contributed by atoms with E-state index in [1.165, 1.54) is 12.8 Å². The average Bonchev–Trinajstić information content (AvgIpc) is 3.11. The van der Waals surface area contributed by atoms with Gasteiger partial charge < -0.3 is 20.0 Å². The van der Waals surface area contributed by atoms with Gasteiger partial charge in [-0.05, 0) is 12.8 Å². The number of nitrogens with one attached hydrogen (secondary N) is 2. The van der Waals surface area contributed by atoms with Gasteiger partial charge in [0.2, 0.25) is 11.8 Å². The molecular weight excluding hydrogens is 246 g/mol. The molecule has 1 atom stereocenters. The molecule has 2 rings (SSSR count). The lowest BCUT2D eigenvalue weighted by molar-refractivity contribution is -0.123. The fourth-order valence-electron chi connectivity index (χ4n) is 1.81. The fourth-order valence-corrected chi connectivity index (χ4v) is 1.81. The molecule has 1 unspecified atom stereocenters. The monoisotopic (exact) mass is 267 g/mol. The molecule has 0 aromatic carbocycles. The molecule has 0 spiro atoms. The summed E-state index contributed by atoms with van der Waals surface area (Å²) in [6, 6.07) is 1.06. The van der Waals surface area contributed by atoms with Crippen LogP contribution in [0.25, 0.3) is 0 Å². The standard InChI is InChI=1S/C12H21N5O2/c1-8(11(18)13-2)7-17(3)12-16-15-10(19-12)6-14-9-4-5-9/h8-9,14H,4-7H2,1-3H3,(H,13,18). The molecule has 0 radical (unpaired) electrons. The van der Waals surface area contributed by atoms with Crippen LogP contribution in [0.5, 0.6) is 0 Å². The Morgan fingerprint density at radius 2 is 2.26 bits per heavy atom. The first-order valence-corrected chi connectivity index (χ1v) is 6.58. The molecular formula is C12H21N5O2. The highest BCUT2D eigenvalue weighted by Gasteiger charge is 2.22. The van der Waals surface area contributed by atoms with Gasteiger partial charge in [0.15, 0.2) is 0 Å². The van der Waals surface area contributed by atoms with Crippen molar-refractivity contribution in [3.8, 4) is 0 Å². The van der Waals surface area contributed by atoms with Crippen molar-refractivity contribution in [3.63, 3.8) is 0 Å². The highest BCUT2D eigenvalue weighted by molar-refractivity contribution is 5.78. The van der Waals surface area contributed by atoms with E-state index >= 15 is 0 Å². The Morgan fingerprint density at radius 1 is 1.53 bits per heavy atom. The molecule has 1 heterocycles. The molecule has 1 aliphatic carbocycles. The van der Waals surface area contributed by atoms with Gasteiger partial charge in [-0.2, -0.15) is 0 Å². The van der Waals surface area contributed by atoms with Crippen molar-refractivity contribution in [1.82, 2.24) is 20.8 Å². The molecule has 19 heavy (non-hydrogen) atoms. The summed E-state index contributed by atoms with van der Waals surface area (Å²) in [5.74, 6) is 0.457. The van der Waals surface area contributed by atoms with Crippen LogP contribution in [-0.2, 0) is 11.3 Å². The summed E-state index contributed by atoms with van der Waals surface area (Å²) in [5.41, 5.74) is 0. The van der Waals surface area contributed by atoms with Gasteiger partial charge in [-0.3, -0.25) is 4.79 Å². The van der Waals surface area contributed by atoms with Crippen LogP contribution in [0.3, 0.4) is 0 Å². The molecule has 0 bridgehead atoms. The lowest BCUT2D eigenvalue weighted by Crippen LogP contribution is -2.34. The number of hydrogen-bond donors (Lipinski definition) is 2. The van der Waals surface area contributed by atoms with E-state index in [1.807, 2.05) is 14.0 Å². The van der Waals surface area contributed by atoms with Crippen molar-refractivity contribution in [3.05, 3.63) is 5.89 Å². The van der Waals surface area contributed by atoms with Crippen molar-refractivity contribution in [2.45, 2.75) is 32.4 Å². The van der Waals surface area contributed by atoms with Crippen molar-refractivity contribution >= 4 is 11.9 Å². The number of rotatable bonds is 7. The van der Waals surface area contributed by atoms with Crippen LogP contribution < -0.4 is 15.5 Å². The second kappa shape index (κ2) is 6.01. The quantitative estimate of drug-likeness (QED) is 0.731. The molecule has 7 heteroatoms. The number of hydrogen-bond acceptors (Lipinski definition) is 6. The second-order valence-corrected chi connectivity index (χ2v) is 5.03. The molecule has 1 aromatic rings. The maximum atomic E-state index is 11.5. The summed E-state index contributed by atoms with van der Waals surface area (Å²) < 4.78 is 5.55. The summed E-state index contributed by atoms with van der Waals surface area (Å²) in [6.07, 6.45) is 2.45. The molecule has 1 fully saturated rings. The number of carbonyl (C=O) groups is 1. The third-order valence-electron chi connectivity index (χ3n) is 3.14. The summed E-state index contributed by atoms with van der Waals surface area (Å²) >= 11 is 0. The van der Waals surface area contributed by atoms with Gasteiger partial charge in [-0.25, -0.2) is 0 Å². The van der Waals surface area contributed by atoms with Gasteiger partial charge in [0.05, 0.1) is 12.5 Å². The topological polar surface area (TPSA) is 83.3 Å². The molecule has 7 nitrogen and oxygen atoms in total. The molecule has 0 aliphatic heterocycles. The largest absolute Gasteiger partial charge is 0.407 e. The van der Waals surface area contributed by atoms with Crippen molar-refractivity contribution in [2.24, 2.45) is 5.92 Å². The SMILES string of the molecule is CNC(=O)C(C)CN(C)c1nnc(CNC2CC2)o1.